The Labute approximate surface area is 126 Å². The number of benzene rings is 2. The maximum absolute atomic E-state index is 5.84. The summed E-state index contributed by atoms with van der Waals surface area (Å²) in [5, 5.41) is 0. The van der Waals surface area contributed by atoms with Gasteiger partial charge in [0.25, 0.3) is 0 Å². The van der Waals surface area contributed by atoms with E-state index in [1.54, 1.807) is 0 Å². The lowest BCUT2D eigenvalue weighted by Gasteiger charge is -2.26. The molecule has 2 heteroatoms. The number of nitrogens with two attached hydrogens (primary N) is 1. The molecular weight excluding hydrogens is 258 g/mol. The van der Waals surface area contributed by atoms with Gasteiger partial charge < -0.3 is 10.5 Å². The highest BCUT2D eigenvalue weighted by Gasteiger charge is 2.19. The SMILES string of the molecule is CC1CCC(c2ccc(Oc3ccc(N)cc3)cc2)CC1. The number of hydrogen-bond donors (Lipinski definition) is 1. The van der Waals surface area contributed by atoms with Crippen LogP contribution in [0.4, 0.5) is 5.69 Å². The Hall–Kier alpha value is -1.96. The van der Waals surface area contributed by atoms with E-state index in [1.807, 2.05) is 24.3 Å². The van der Waals surface area contributed by atoms with E-state index in [-0.39, 0.29) is 0 Å². The normalized spacial score (nSPS) is 22.0. The molecule has 0 saturated heterocycles. The molecule has 1 aliphatic carbocycles. The molecule has 0 unspecified atom stereocenters. The number of hydrogen-bond acceptors (Lipinski definition) is 2. The summed E-state index contributed by atoms with van der Waals surface area (Å²) in [5.74, 6) is 3.33. The van der Waals surface area contributed by atoms with Crippen LogP contribution >= 0.6 is 0 Å². The second-order valence-electron chi connectivity index (χ2n) is 6.20. The van der Waals surface area contributed by atoms with Crippen LogP contribution in [0.5, 0.6) is 11.5 Å². The van der Waals surface area contributed by atoms with Gasteiger partial charge in [-0.2, -0.15) is 0 Å². The van der Waals surface area contributed by atoms with Gasteiger partial charge in [-0.3, -0.25) is 0 Å². The number of ether oxygens (including phenoxy) is 1. The van der Waals surface area contributed by atoms with Crippen LogP contribution in [0.2, 0.25) is 0 Å². The molecule has 0 aliphatic heterocycles. The zero-order valence-electron chi connectivity index (χ0n) is 12.6. The quantitative estimate of drug-likeness (QED) is 0.769. The van der Waals surface area contributed by atoms with Gasteiger partial charge in [0.2, 0.25) is 0 Å². The molecule has 0 atom stereocenters. The Balaban J connectivity index is 1.65. The van der Waals surface area contributed by atoms with Crippen molar-refractivity contribution < 1.29 is 4.74 Å². The summed E-state index contributed by atoms with van der Waals surface area (Å²) in [6, 6.07) is 16.1. The molecule has 21 heavy (non-hydrogen) atoms. The molecule has 1 aliphatic rings. The van der Waals surface area contributed by atoms with Gasteiger partial charge in [0.1, 0.15) is 11.5 Å². The summed E-state index contributed by atoms with van der Waals surface area (Å²) in [6.45, 7) is 2.36. The maximum atomic E-state index is 5.84. The first-order valence-corrected chi connectivity index (χ1v) is 7.84. The van der Waals surface area contributed by atoms with Gasteiger partial charge in [0, 0.05) is 5.69 Å². The fourth-order valence-corrected chi connectivity index (χ4v) is 3.07. The fraction of sp³-hybridized carbons (Fsp3) is 0.368. The number of rotatable bonds is 3. The van der Waals surface area contributed by atoms with Crippen molar-refractivity contribution in [2.24, 2.45) is 5.92 Å². The standard InChI is InChI=1S/C19H23NO/c1-14-2-4-15(5-3-14)16-6-10-18(11-7-16)21-19-12-8-17(20)9-13-19/h6-15H,2-5,20H2,1H3. The van der Waals surface area contributed by atoms with Crippen molar-refractivity contribution in [1.82, 2.24) is 0 Å². The minimum absolute atomic E-state index is 0.728. The summed E-state index contributed by atoms with van der Waals surface area (Å²) in [5.41, 5.74) is 7.88. The molecule has 0 heterocycles. The smallest absolute Gasteiger partial charge is 0.127 e. The average molecular weight is 281 g/mol. The van der Waals surface area contributed by atoms with Crippen molar-refractivity contribution in [2.45, 2.75) is 38.5 Å². The topological polar surface area (TPSA) is 35.2 Å². The minimum atomic E-state index is 0.728. The monoisotopic (exact) mass is 281 g/mol. The number of anilines is 1. The van der Waals surface area contributed by atoms with E-state index in [9.17, 15) is 0 Å². The van der Waals surface area contributed by atoms with Crippen LogP contribution in [0, 0.1) is 5.92 Å². The Kier molecular flexibility index (Phi) is 4.14. The molecule has 1 fully saturated rings. The lowest BCUT2D eigenvalue weighted by atomic mass is 9.79. The Morgan fingerprint density at radius 3 is 1.90 bits per heavy atom. The molecule has 3 rings (SSSR count). The third-order valence-electron chi connectivity index (χ3n) is 4.48. The Morgan fingerprint density at radius 1 is 0.810 bits per heavy atom. The molecule has 2 aromatic carbocycles. The molecule has 2 nitrogen and oxygen atoms in total. The molecular formula is C19H23NO. The fourth-order valence-electron chi connectivity index (χ4n) is 3.07. The molecule has 110 valence electrons. The van der Waals surface area contributed by atoms with Crippen LogP contribution in [0.3, 0.4) is 0 Å². The predicted molar refractivity (Wildman–Crippen MR) is 87.7 cm³/mol. The third kappa shape index (κ3) is 3.57. The van der Waals surface area contributed by atoms with Gasteiger partial charge in [0.05, 0.1) is 0 Å². The molecule has 0 aromatic heterocycles. The van der Waals surface area contributed by atoms with Gasteiger partial charge in [-0.25, -0.2) is 0 Å². The first-order valence-electron chi connectivity index (χ1n) is 7.84. The van der Waals surface area contributed by atoms with Crippen molar-refractivity contribution in [3.8, 4) is 11.5 Å². The molecule has 1 saturated carbocycles. The Bertz CT molecular complexity index is 566. The third-order valence-corrected chi connectivity index (χ3v) is 4.48. The summed E-state index contributed by atoms with van der Waals surface area (Å²) >= 11 is 0. The summed E-state index contributed by atoms with van der Waals surface area (Å²) in [4.78, 5) is 0. The van der Waals surface area contributed by atoms with Crippen molar-refractivity contribution in [2.75, 3.05) is 5.73 Å². The van der Waals surface area contributed by atoms with E-state index in [0.29, 0.717) is 0 Å². The zero-order chi connectivity index (χ0) is 14.7. The molecule has 0 spiro atoms. The van der Waals surface area contributed by atoms with Crippen molar-refractivity contribution in [3.05, 3.63) is 54.1 Å². The molecule has 0 radical (unpaired) electrons. The molecule has 2 aromatic rings. The van der Waals surface area contributed by atoms with Crippen LogP contribution in [-0.2, 0) is 0 Å². The minimum Gasteiger partial charge on any atom is -0.457 e. The highest BCUT2D eigenvalue weighted by atomic mass is 16.5. The van der Waals surface area contributed by atoms with Gasteiger partial charge in [-0.05, 0) is 66.6 Å². The second kappa shape index (κ2) is 6.21. The van der Waals surface area contributed by atoms with E-state index in [1.165, 1.54) is 31.2 Å². The summed E-state index contributed by atoms with van der Waals surface area (Å²) in [6.07, 6.45) is 5.35. The van der Waals surface area contributed by atoms with Gasteiger partial charge in [-0.1, -0.05) is 31.9 Å². The van der Waals surface area contributed by atoms with E-state index in [2.05, 4.69) is 31.2 Å². The van der Waals surface area contributed by atoms with Crippen LogP contribution < -0.4 is 10.5 Å². The van der Waals surface area contributed by atoms with Gasteiger partial charge in [0.15, 0.2) is 0 Å². The molecule has 0 bridgehead atoms. The van der Waals surface area contributed by atoms with Crippen LogP contribution in [0.15, 0.2) is 48.5 Å². The largest absolute Gasteiger partial charge is 0.457 e. The lowest BCUT2D eigenvalue weighted by molar-refractivity contribution is 0.348. The average Bonchev–Trinajstić information content (AvgIpc) is 2.51. The van der Waals surface area contributed by atoms with Crippen LogP contribution in [0.1, 0.15) is 44.1 Å². The van der Waals surface area contributed by atoms with Gasteiger partial charge >= 0.3 is 0 Å². The summed E-state index contributed by atoms with van der Waals surface area (Å²) in [7, 11) is 0. The van der Waals surface area contributed by atoms with E-state index in [4.69, 9.17) is 10.5 Å². The molecule has 2 N–H and O–H groups in total. The Morgan fingerprint density at radius 2 is 1.33 bits per heavy atom. The van der Waals surface area contributed by atoms with Crippen LogP contribution in [0.25, 0.3) is 0 Å². The second-order valence-corrected chi connectivity index (χ2v) is 6.20. The lowest BCUT2D eigenvalue weighted by Crippen LogP contribution is -2.10. The van der Waals surface area contributed by atoms with E-state index < -0.39 is 0 Å². The molecule has 0 amide bonds. The predicted octanol–water partition coefficient (Wildman–Crippen LogP) is 5.35. The van der Waals surface area contributed by atoms with Crippen molar-refractivity contribution >= 4 is 5.69 Å². The maximum Gasteiger partial charge on any atom is 0.127 e. The number of nitrogen functional groups attached to an aromatic ring is 1. The van der Waals surface area contributed by atoms with Crippen molar-refractivity contribution in [1.29, 1.82) is 0 Å². The van der Waals surface area contributed by atoms with Gasteiger partial charge in [-0.15, -0.1) is 0 Å². The first kappa shape index (κ1) is 14.0. The van der Waals surface area contributed by atoms with E-state index >= 15 is 0 Å². The van der Waals surface area contributed by atoms with Crippen molar-refractivity contribution in [3.63, 3.8) is 0 Å². The zero-order valence-corrected chi connectivity index (χ0v) is 12.6. The summed E-state index contributed by atoms with van der Waals surface area (Å²) < 4.78 is 5.84. The van der Waals surface area contributed by atoms with Crippen LogP contribution in [-0.4, -0.2) is 0 Å². The highest BCUT2D eigenvalue weighted by Crippen LogP contribution is 2.36. The first-order chi connectivity index (χ1) is 10.2. The van der Waals surface area contributed by atoms with E-state index in [0.717, 1.165) is 29.0 Å². The highest BCUT2D eigenvalue weighted by molar-refractivity contribution is 5.43.